The van der Waals surface area contributed by atoms with Gasteiger partial charge in [0.25, 0.3) is 0 Å². The molecule has 0 aromatic heterocycles. The SMILES string of the molecule is C=C(C)CN(CC)C(=O)CSC(C)C(=O)OC. The summed E-state index contributed by atoms with van der Waals surface area (Å²) in [5.74, 6) is 0.0132. The van der Waals surface area contributed by atoms with Crippen LogP contribution in [0.3, 0.4) is 0 Å². The molecule has 0 radical (unpaired) electrons. The van der Waals surface area contributed by atoms with Crippen LogP contribution in [0.1, 0.15) is 20.8 Å². The van der Waals surface area contributed by atoms with Crippen LogP contribution in [0.15, 0.2) is 12.2 Å². The van der Waals surface area contributed by atoms with Crippen molar-refractivity contribution >= 4 is 23.6 Å². The van der Waals surface area contributed by atoms with Gasteiger partial charge in [-0.25, -0.2) is 0 Å². The van der Waals surface area contributed by atoms with Gasteiger partial charge in [-0.2, -0.15) is 0 Å². The maximum Gasteiger partial charge on any atom is 0.318 e. The fourth-order valence-corrected chi connectivity index (χ4v) is 2.03. The van der Waals surface area contributed by atoms with Gasteiger partial charge >= 0.3 is 5.97 Å². The molecular weight excluding hydrogens is 238 g/mol. The van der Waals surface area contributed by atoms with Crippen LogP contribution in [0.25, 0.3) is 0 Å². The summed E-state index contributed by atoms with van der Waals surface area (Å²) in [5, 5.41) is -0.313. The van der Waals surface area contributed by atoms with E-state index in [-0.39, 0.29) is 22.9 Å². The lowest BCUT2D eigenvalue weighted by atomic mass is 10.3. The van der Waals surface area contributed by atoms with Gasteiger partial charge in [-0.3, -0.25) is 9.59 Å². The van der Waals surface area contributed by atoms with Gasteiger partial charge in [0.15, 0.2) is 0 Å². The van der Waals surface area contributed by atoms with E-state index < -0.39 is 0 Å². The minimum atomic E-state index is -0.313. The van der Waals surface area contributed by atoms with Crippen LogP contribution in [0.5, 0.6) is 0 Å². The molecule has 0 saturated carbocycles. The van der Waals surface area contributed by atoms with Crippen molar-refractivity contribution in [2.24, 2.45) is 0 Å². The van der Waals surface area contributed by atoms with Gasteiger partial charge in [0.2, 0.25) is 5.91 Å². The second-order valence-electron chi connectivity index (χ2n) is 3.84. The summed E-state index contributed by atoms with van der Waals surface area (Å²) in [7, 11) is 1.35. The molecule has 0 fully saturated rings. The van der Waals surface area contributed by atoms with Crippen molar-refractivity contribution in [2.45, 2.75) is 26.0 Å². The van der Waals surface area contributed by atoms with E-state index in [4.69, 9.17) is 0 Å². The molecule has 0 saturated heterocycles. The number of carbonyl (C=O) groups is 2. The van der Waals surface area contributed by atoms with E-state index in [0.29, 0.717) is 13.1 Å². The average molecular weight is 259 g/mol. The minimum Gasteiger partial charge on any atom is -0.468 e. The van der Waals surface area contributed by atoms with Gasteiger partial charge in [-0.15, -0.1) is 11.8 Å². The normalized spacial score (nSPS) is 11.8. The van der Waals surface area contributed by atoms with Gasteiger partial charge in [0, 0.05) is 13.1 Å². The summed E-state index contributed by atoms with van der Waals surface area (Å²) in [6.45, 7) is 10.6. The number of rotatable bonds is 7. The predicted molar refractivity (Wildman–Crippen MR) is 71.0 cm³/mol. The Labute approximate surface area is 107 Å². The maximum absolute atomic E-state index is 11.8. The Hall–Kier alpha value is -0.970. The molecule has 0 spiro atoms. The van der Waals surface area contributed by atoms with E-state index in [9.17, 15) is 9.59 Å². The number of carbonyl (C=O) groups excluding carboxylic acids is 2. The Morgan fingerprint density at radius 1 is 1.47 bits per heavy atom. The molecule has 0 heterocycles. The molecule has 1 atom stereocenters. The van der Waals surface area contributed by atoms with Crippen LogP contribution in [0.4, 0.5) is 0 Å². The van der Waals surface area contributed by atoms with Crippen molar-refractivity contribution in [3.05, 3.63) is 12.2 Å². The molecule has 0 bridgehead atoms. The molecule has 0 aliphatic carbocycles. The quantitative estimate of drug-likeness (QED) is 0.516. The van der Waals surface area contributed by atoms with E-state index in [1.165, 1.54) is 18.9 Å². The minimum absolute atomic E-state index is 0.0243. The number of hydrogen-bond acceptors (Lipinski definition) is 4. The van der Waals surface area contributed by atoms with Gasteiger partial charge < -0.3 is 9.64 Å². The van der Waals surface area contributed by atoms with Gasteiger partial charge in [-0.1, -0.05) is 12.2 Å². The van der Waals surface area contributed by atoms with E-state index in [2.05, 4.69) is 11.3 Å². The molecule has 0 aliphatic heterocycles. The van der Waals surface area contributed by atoms with Crippen LogP contribution >= 0.6 is 11.8 Å². The Bertz CT molecular complexity index is 291. The van der Waals surface area contributed by atoms with E-state index in [1.807, 2.05) is 13.8 Å². The summed E-state index contributed by atoms with van der Waals surface area (Å²) in [6.07, 6.45) is 0. The number of thioether (sulfide) groups is 1. The molecule has 98 valence electrons. The second kappa shape index (κ2) is 8.17. The lowest BCUT2D eigenvalue weighted by molar-refractivity contribution is -0.139. The maximum atomic E-state index is 11.8. The molecule has 0 aromatic rings. The lowest BCUT2D eigenvalue weighted by Crippen LogP contribution is -2.34. The van der Waals surface area contributed by atoms with Crippen molar-refractivity contribution in [1.82, 2.24) is 4.90 Å². The smallest absolute Gasteiger partial charge is 0.318 e. The van der Waals surface area contributed by atoms with E-state index in [0.717, 1.165) is 5.57 Å². The third-order valence-electron chi connectivity index (χ3n) is 2.19. The summed E-state index contributed by atoms with van der Waals surface area (Å²) in [6, 6.07) is 0. The third kappa shape index (κ3) is 6.36. The van der Waals surface area contributed by atoms with Crippen molar-refractivity contribution < 1.29 is 14.3 Å². The van der Waals surface area contributed by atoms with Gasteiger partial charge in [0.1, 0.15) is 5.25 Å². The van der Waals surface area contributed by atoms with E-state index >= 15 is 0 Å². The number of methoxy groups -OCH3 is 1. The largest absolute Gasteiger partial charge is 0.468 e. The molecule has 0 N–H and O–H groups in total. The van der Waals surface area contributed by atoms with Crippen molar-refractivity contribution in [2.75, 3.05) is 26.0 Å². The van der Waals surface area contributed by atoms with Crippen LogP contribution in [-0.4, -0.2) is 48.0 Å². The lowest BCUT2D eigenvalue weighted by Gasteiger charge is -2.21. The number of ether oxygens (including phenoxy) is 1. The van der Waals surface area contributed by atoms with Crippen molar-refractivity contribution in [3.8, 4) is 0 Å². The summed E-state index contributed by atoms with van der Waals surface area (Å²) in [5.41, 5.74) is 0.950. The first kappa shape index (κ1) is 16.0. The average Bonchev–Trinajstić information content (AvgIpc) is 2.30. The Morgan fingerprint density at radius 3 is 2.47 bits per heavy atom. The Balaban J connectivity index is 4.15. The van der Waals surface area contributed by atoms with Gasteiger partial charge in [-0.05, 0) is 20.8 Å². The Morgan fingerprint density at radius 2 is 2.06 bits per heavy atom. The van der Waals surface area contributed by atoms with Crippen molar-refractivity contribution in [1.29, 1.82) is 0 Å². The topological polar surface area (TPSA) is 46.6 Å². The van der Waals surface area contributed by atoms with Crippen LogP contribution < -0.4 is 0 Å². The molecular formula is C12H21NO3S. The third-order valence-corrected chi connectivity index (χ3v) is 3.29. The second-order valence-corrected chi connectivity index (χ2v) is 5.17. The van der Waals surface area contributed by atoms with Crippen LogP contribution in [0.2, 0.25) is 0 Å². The summed E-state index contributed by atoms with van der Waals surface area (Å²) in [4.78, 5) is 24.7. The molecule has 0 rings (SSSR count). The molecule has 0 aromatic carbocycles. The van der Waals surface area contributed by atoms with Crippen LogP contribution in [0, 0.1) is 0 Å². The standard InChI is InChI=1S/C12H21NO3S/c1-6-13(7-9(2)3)11(14)8-17-10(4)12(15)16-5/h10H,2,6-8H2,1,3-5H3. The zero-order valence-corrected chi connectivity index (χ0v) is 11.8. The predicted octanol–water partition coefficient (Wildman–Crippen LogP) is 1.71. The number of nitrogens with zero attached hydrogens (tertiary/aromatic N) is 1. The highest BCUT2D eigenvalue weighted by atomic mass is 32.2. The summed E-state index contributed by atoms with van der Waals surface area (Å²) >= 11 is 1.29. The highest BCUT2D eigenvalue weighted by Gasteiger charge is 2.18. The fourth-order valence-electron chi connectivity index (χ4n) is 1.22. The Kier molecular flexibility index (Phi) is 7.70. The molecule has 0 aliphatic rings. The van der Waals surface area contributed by atoms with Crippen LogP contribution in [-0.2, 0) is 14.3 Å². The van der Waals surface area contributed by atoms with E-state index in [1.54, 1.807) is 11.8 Å². The summed E-state index contributed by atoms with van der Waals surface area (Å²) < 4.78 is 4.60. The first-order chi connectivity index (χ1) is 7.92. The highest BCUT2D eigenvalue weighted by molar-refractivity contribution is 8.01. The zero-order chi connectivity index (χ0) is 13.4. The zero-order valence-electron chi connectivity index (χ0n) is 11.0. The number of esters is 1. The van der Waals surface area contributed by atoms with Gasteiger partial charge in [0.05, 0.1) is 12.9 Å². The molecule has 1 amide bonds. The number of likely N-dealkylation sites (N-methyl/N-ethyl adjacent to an activating group) is 1. The molecule has 1 unspecified atom stereocenters. The first-order valence-corrected chi connectivity index (χ1v) is 6.58. The number of amides is 1. The monoisotopic (exact) mass is 259 g/mol. The first-order valence-electron chi connectivity index (χ1n) is 5.53. The number of hydrogen-bond donors (Lipinski definition) is 0. The fraction of sp³-hybridized carbons (Fsp3) is 0.667. The molecule has 5 heteroatoms. The van der Waals surface area contributed by atoms with Crippen molar-refractivity contribution in [3.63, 3.8) is 0 Å². The highest BCUT2D eigenvalue weighted by Crippen LogP contribution is 2.13. The molecule has 4 nitrogen and oxygen atoms in total. The molecule has 17 heavy (non-hydrogen) atoms.